The normalized spacial score (nSPS) is 18.1. The summed E-state index contributed by atoms with van der Waals surface area (Å²) in [5, 5.41) is 3.06. The van der Waals surface area contributed by atoms with Gasteiger partial charge >= 0.3 is 0 Å². The molecule has 0 radical (unpaired) electrons. The second-order valence-electron chi connectivity index (χ2n) is 6.76. The van der Waals surface area contributed by atoms with Crippen LogP contribution in [0.1, 0.15) is 30.7 Å². The maximum absolute atomic E-state index is 12.8. The van der Waals surface area contributed by atoms with Crippen LogP contribution < -0.4 is 5.32 Å². The van der Waals surface area contributed by atoms with Gasteiger partial charge in [-0.1, -0.05) is 18.6 Å². The standard InChI is InChI=1S/C20H23N5O/c26-20(22-13-19-23-16-5-1-2-6-17(16)24-19)18-7-3-4-12-25(18)14-15-8-10-21-11-9-15/h1-2,5-6,8-11,18H,3-4,7,12-14H2,(H,22,26)(H,23,24)/t18-/m0/s1. The van der Waals surface area contributed by atoms with Gasteiger partial charge in [-0.2, -0.15) is 0 Å². The largest absolute Gasteiger partial charge is 0.348 e. The molecule has 1 atom stereocenters. The second kappa shape index (κ2) is 7.66. The molecule has 26 heavy (non-hydrogen) atoms. The van der Waals surface area contributed by atoms with Gasteiger partial charge in [0.25, 0.3) is 0 Å². The lowest BCUT2D eigenvalue weighted by atomic mass is 10.0. The van der Waals surface area contributed by atoms with Crippen LogP contribution in [0.2, 0.25) is 0 Å². The highest BCUT2D eigenvalue weighted by Gasteiger charge is 2.28. The third-order valence-corrected chi connectivity index (χ3v) is 4.92. The number of hydrogen-bond acceptors (Lipinski definition) is 4. The molecule has 1 aromatic carbocycles. The van der Waals surface area contributed by atoms with Crippen molar-refractivity contribution in [3.63, 3.8) is 0 Å². The number of nitrogens with one attached hydrogen (secondary N) is 2. The molecule has 0 saturated carbocycles. The quantitative estimate of drug-likeness (QED) is 0.743. The highest BCUT2D eigenvalue weighted by Crippen LogP contribution is 2.20. The van der Waals surface area contributed by atoms with Crippen LogP contribution in [0.3, 0.4) is 0 Å². The van der Waals surface area contributed by atoms with Crippen molar-refractivity contribution in [3.05, 3.63) is 60.2 Å². The number of pyridine rings is 1. The summed E-state index contributed by atoms with van der Waals surface area (Å²) < 4.78 is 0. The summed E-state index contributed by atoms with van der Waals surface area (Å²) in [6, 6.07) is 11.8. The lowest BCUT2D eigenvalue weighted by Crippen LogP contribution is -2.48. The van der Waals surface area contributed by atoms with Crippen molar-refractivity contribution in [3.8, 4) is 0 Å². The van der Waals surface area contributed by atoms with Crippen molar-refractivity contribution < 1.29 is 4.79 Å². The van der Waals surface area contributed by atoms with E-state index in [1.165, 1.54) is 5.56 Å². The predicted octanol–water partition coefficient (Wildman–Crippen LogP) is 2.63. The van der Waals surface area contributed by atoms with E-state index in [0.29, 0.717) is 6.54 Å². The van der Waals surface area contributed by atoms with Gasteiger partial charge in [-0.3, -0.25) is 14.7 Å². The molecule has 6 nitrogen and oxygen atoms in total. The van der Waals surface area contributed by atoms with E-state index in [1.54, 1.807) is 12.4 Å². The van der Waals surface area contributed by atoms with Gasteiger partial charge in [-0.25, -0.2) is 4.98 Å². The number of aromatic nitrogens is 3. The average Bonchev–Trinajstić information content (AvgIpc) is 3.10. The van der Waals surface area contributed by atoms with Crippen LogP contribution >= 0.6 is 0 Å². The molecule has 4 rings (SSSR count). The predicted molar refractivity (Wildman–Crippen MR) is 100 cm³/mol. The maximum atomic E-state index is 12.8. The van der Waals surface area contributed by atoms with Gasteiger partial charge in [0, 0.05) is 18.9 Å². The Hall–Kier alpha value is -2.73. The van der Waals surface area contributed by atoms with Crippen molar-refractivity contribution in [2.45, 2.75) is 38.4 Å². The fourth-order valence-electron chi connectivity index (χ4n) is 3.58. The fraction of sp³-hybridized carbons (Fsp3) is 0.350. The summed E-state index contributed by atoms with van der Waals surface area (Å²) in [4.78, 5) is 26.9. The molecular formula is C20H23N5O. The van der Waals surface area contributed by atoms with Crippen molar-refractivity contribution in [2.24, 2.45) is 0 Å². The number of fused-ring (bicyclic) bond motifs is 1. The third-order valence-electron chi connectivity index (χ3n) is 4.92. The SMILES string of the molecule is O=C(NCc1nc2ccccc2[nH]1)[C@@H]1CCCCN1Cc1ccncc1. The first kappa shape index (κ1) is 16.7. The Labute approximate surface area is 152 Å². The summed E-state index contributed by atoms with van der Waals surface area (Å²) in [6.45, 7) is 2.16. The summed E-state index contributed by atoms with van der Waals surface area (Å²) in [7, 11) is 0. The van der Waals surface area contributed by atoms with E-state index in [4.69, 9.17) is 0 Å². The number of likely N-dealkylation sites (tertiary alicyclic amines) is 1. The molecule has 2 N–H and O–H groups in total. The smallest absolute Gasteiger partial charge is 0.237 e. The second-order valence-corrected chi connectivity index (χ2v) is 6.76. The summed E-state index contributed by atoms with van der Waals surface area (Å²) >= 11 is 0. The Morgan fingerprint density at radius 1 is 1.19 bits per heavy atom. The number of imidazole rings is 1. The zero-order valence-electron chi connectivity index (χ0n) is 14.7. The van der Waals surface area contributed by atoms with Gasteiger partial charge in [0.2, 0.25) is 5.91 Å². The highest BCUT2D eigenvalue weighted by molar-refractivity contribution is 5.82. The van der Waals surface area contributed by atoms with E-state index in [-0.39, 0.29) is 11.9 Å². The summed E-state index contributed by atoms with van der Waals surface area (Å²) in [6.07, 6.45) is 6.73. The first-order valence-corrected chi connectivity index (χ1v) is 9.14. The average molecular weight is 349 g/mol. The van der Waals surface area contributed by atoms with E-state index in [2.05, 4.69) is 25.2 Å². The number of rotatable bonds is 5. The first-order chi connectivity index (χ1) is 12.8. The number of carbonyl (C=O) groups excluding carboxylic acids is 1. The highest BCUT2D eigenvalue weighted by atomic mass is 16.2. The lowest BCUT2D eigenvalue weighted by Gasteiger charge is -2.34. The van der Waals surface area contributed by atoms with Gasteiger partial charge in [-0.15, -0.1) is 0 Å². The molecule has 0 bridgehead atoms. The Morgan fingerprint density at radius 3 is 2.88 bits per heavy atom. The topological polar surface area (TPSA) is 73.9 Å². The molecule has 2 aromatic heterocycles. The van der Waals surface area contributed by atoms with Crippen molar-refractivity contribution >= 4 is 16.9 Å². The molecule has 0 aliphatic carbocycles. The van der Waals surface area contributed by atoms with Crippen molar-refractivity contribution in [1.82, 2.24) is 25.2 Å². The van der Waals surface area contributed by atoms with E-state index >= 15 is 0 Å². The van der Waals surface area contributed by atoms with Gasteiger partial charge in [0.15, 0.2) is 0 Å². The molecule has 0 unspecified atom stereocenters. The monoisotopic (exact) mass is 349 g/mol. The number of amides is 1. The number of hydrogen-bond donors (Lipinski definition) is 2. The molecule has 6 heteroatoms. The van der Waals surface area contributed by atoms with Crippen LogP contribution in [0.25, 0.3) is 11.0 Å². The molecule has 0 spiro atoms. The molecule has 1 saturated heterocycles. The Balaban J connectivity index is 1.40. The number of piperidine rings is 1. The minimum absolute atomic E-state index is 0.0821. The van der Waals surface area contributed by atoms with Gasteiger partial charge in [0.05, 0.1) is 23.6 Å². The van der Waals surface area contributed by atoms with Crippen molar-refractivity contribution in [1.29, 1.82) is 0 Å². The molecule has 3 aromatic rings. The number of nitrogens with zero attached hydrogens (tertiary/aromatic N) is 3. The van der Waals surface area contributed by atoms with E-state index in [1.807, 2.05) is 36.4 Å². The number of benzene rings is 1. The zero-order valence-corrected chi connectivity index (χ0v) is 14.7. The van der Waals surface area contributed by atoms with E-state index in [9.17, 15) is 4.79 Å². The molecule has 1 amide bonds. The Morgan fingerprint density at radius 2 is 2.04 bits per heavy atom. The number of carbonyl (C=O) groups is 1. The number of para-hydroxylation sites is 2. The van der Waals surface area contributed by atoms with Crippen LogP contribution in [0.4, 0.5) is 0 Å². The van der Waals surface area contributed by atoms with E-state index in [0.717, 1.165) is 49.2 Å². The maximum Gasteiger partial charge on any atom is 0.237 e. The van der Waals surface area contributed by atoms with Crippen LogP contribution in [0, 0.1) is 0 Å². The number of aromatic amines is 1. The van der Waals surface area contributed by atoms with Gasteiger partial charge in [0.1, 0.15) is 5.82 Å². The summed E-state index contributed by atoms with van der Waals surface area (Å²) in [5.41, 5.74) is 3.11. The van der Waals surface area contributed by atoms with E-state index < -0.39 is 0 Å². The molecular weight excluding hydrogens is 326 g/mol. The first-order valence-electron chi connectivity index (χ1n) is 9.14. The molecule has 3 heterocycles. The fourth-order valence-corrected chi connectivity index (χ4v) is 3.58. The number of H-pyrrole nitrogens is 1. The molecule has 1 aliphatic heterocycles. The molecule has 1 fully saturated rings. The summed E-state index contributed by atoms with van der Waals surface area (Å²) in [5.74, 6) is 0.871. The third kappa shape index (κ3) is 3.75. The van der Waals surface area contributed by atoms with Gasteiger partial charge < -0.3 is 10.3 Å². The minimum atomic E-state index is -0.0821. The lowest BCUT2D eigenvalue weighted by molar-refractivity contribution is -0.128. The molecule has 1 aliphatic rings. The van der Waals surface area contributed by atoms with Gasteiger partial charge in [-0.05, 0) is 49.2 Å². The van der Waals surface area contributed by atoms with Crippen molar-refractivity contribution in [2.75, 3.05) is 6.54 Å². The Kier molecular flexibility index (Phi) is 4.93. The van der Waals surface area contributed by atoms with Crippen LogP contribution in [-0.4, -0.2) is 38.3 Å². The van der Waals surface area contributed by atoms with Crippen LogP contribution in [-0.2, 0) is 17.9 Å². The molecule has 134 valence electrons. The zero-order chi connectivity index (χ0) is 17.8. The minimum Gasteiger partial charge on any atom is -0.348 e. The Bertz CT molecular complexity index is 843. The van der Waals surface area contributed by atoms with Crippen LogP contribution in [0.15, 0.2) is 48.8 Å². The van der Waals surface area contributed by atoms with Crippen LogP contribution in [0.5, 0.6) is 0 Å².